The number of rotatable bonds is 3. The maximum atomic E-state index is 13.2. The van der Waals surface area contributed by atoms with Crippen LogP contribution < -0.4 is 10.5 Å². The Morgan fingerprint density at radius 3 is 2.93 bits per heavy atom. The second kappa shape index (κ2) is 7.62. The standard InChI is InChI=1S/C20H22N4O3/c1-13-6-4-8-23(12-13)18-16(10-15(11-21)20(26)27-3)19(25)24-9-5-7-14(2)17(24)22-18/h5,7,9-10,13H,4,6,8,12H2,1-3H3/b15-10+/t13-/m0/s1. The highest BCUT2D eigenvalue weighted by Crippen LogP contribution is 2.25. The van der Waals surface area contributed by atoms with Crippen LogP contribution in [-0.4, -0.2) is 35.6 Å². The zero-order chi connectivity index (χ0) is 19.6. The van der Waals surface area contributed by atoms with Crippen molar-refractivity contribution in [3.8, 4) is 6.07 Å². The number of aromatic nitrogens is 2. The molecule has 2 aromatic rings. The summed E-state index contributed by atoms with van der Waals surface area (Å²) >= 11 is 0. The molecule has 0 bridgehead atoms. The highest BCUT2D eigenvalue weighted by Gasteiger charge is 2.24. The highest BCUT2D eigenvalue weighted by molar-refractivity contribution is 5.98. The van der Waals surface area contributed by atoms with E-state index in [0.29, 0.717) is 17.4 Å². The molecule has 1 atom stereocenters. The molecule has 0 aromatic carbocycles. The van der Waals surface area contributed by atoms with Crippen LogP contribution in [0.5, 0.6) is 0 Å². The first-order chi connectivity index (χ1) is 13.0. The number of hydrogen-bond acceptors (Lipinski definition) is 6. The summed E-state index contributed by atoms with van der Waals surface area (Å²) in [7, 11) is 1.20. The van der Waals surface area contributed by atoms with E-state index < -0.39 is 5.97 Å². The summed E-state index contributed by atoms with van der Waals surface area (Å²) in [6.07, 6.45) is 5.06. The van der Waals surface area contributed by atoms with E-state index in [2.05, 4.69) is 16.6 Å². The molecule has 2 aromatic heterocycles. The number of esters is 1. The van der Waals surface area contributed by atoms with Crippen molar-refractivity contribution in [2.75, 3.05) is 25.1 Å². The Morgan fingerprint density at radius 2 is 2.26 bits per heavy atom. The smallest absolute Gasteiger partial charge is 0.348 e. The van der Waals surface area contributed by atoms with E-state index in [9.17, 15) is 14.9 Å². The number of anilines is 1. The summed E-state index contributed by atoms with van der Waals surface area (Å²) in [4.78, 5) is 31.9. The Hall–Kier alpha value is -3.14. The van der Waals surface area contributed by atoms with E-state index in [-0.39, 0.29) is 16.7 Å². The monoisotopic (exact) mass is 366 g/mol. The lowest BCUT2D eigenvalue weighted by atomic mass is 10.00. The number of carbonyl (C=O) groups is 1. The van der Waals surface area contributed by atoms with E-state index in [1.807, 2.05) is 19.1 Å². The average molecular weight is 366 g/mol. The Balaban J connectivity index is 2.29. The van der Waals surface area contributed by atoms with Gasteiger partial charge >= 0.3 is 5.97 Å². The van der Waals surface area contributed by atoms with Crippen LogP contribution in [0.15, 0.2) is 28.7 Å². The lowest BCUT2D eigenvalue weighted by Gasteiger charge is -2.32. The van der Waals surface area contributed by atoms with E-state index in [1.165, 1.54) is 17.6 Å². The van der Waals surface area contributed by atoms with Crippen LogP contribution >= 0.6 is 0 Å². The van der Waals surface area contributed by atoms with E-state index in [1.54, 1.807) is 12.3 Å². The van der Waals surface area contributed by atoms with E-state index in [0.717, 1.165) is 31.5 Å². The van der Waals surface area contributed by atoms with Gasteiger partial charge in [-0.3, -0.25) is 9.20 Å². The quantitative estimate of drug-likeness (QED) is 0.471. The van der Waals surface area contributed by atoms with Crippen molar-refractivity contribution < 1.29 is 9.53 Å². The fourth-order valence-electron chi connectivity index (χ4n) is 3.44. The lowest BCUT2D eigenvalue weighted by Crippen LogP contribution is -2.37. The van der Waals surface area contributed by atoms with Crippen molar-refractivity contribution in [2.24, 2.45) is 5.92 Å². The molecule has 0 spiro atoms. The molecule has 1 saturated heterocycles. The van der Waals surface area contributed by atoms with Gasteiger partial charge in [-0.1, -0.05) is 13.0 Å². The molecule has 0 aliphatic carbocycles. The molecule has 0 unspecified atom stereocenters. The van der Waals surface area contributed by atoms with Crippen LogP contribution in [0.4, 0.5) is 5.82 Å². The summed E-state index contributed by atoms with van der Waals surface area (Å²) in [5.41, 5.74) is 1.15. The summed E-state index contributed by atoms with van der Waals surface area (Å²) in [6, 6.07) is 5.49. The van der Waals surface area contributed by atoms with Gasteiger partial charge in [-0.25, -0.2) is 9.78 Å². The maximum Gasteiger partial charge on any atom is 0.348 e. The summed E-state index contributed by atoms with van der Waals surface area (Å²) in [5.74, 6) is 0.213. The minimum atomic E-state index is -0.774. The van der Waals surface area contributed by atoms with Crippen molar-refractivity contribution in [1.29, 1.82) is 5.26 Å². The first kappa shape index (κ1) is 18.6. The molecule has 140 valence electrons. The molecule has 0 radical (unpaired) electrons. The van der Waals surface area contributed by atoms with Crippen LogP contribution in [0.3, 0.4) is 0 Å². The molecule has 1 aliphatic heterocycles. The van der Waals surface area contributed by atoms with Crippen molar-refractivity contribution in [2.45, 2.75) is 26.7 Å². The number of ether oxygens (including phenoxy) is 1. The van der Waals surface area contributed by atoms with Crippen molar-refractivity contribution >= 4 is 23.5 Å². The number of aryl methyl sites for hydroxylation is 1. The third kappa shape index (κ3) is 3.56. The van der Waals surface area contributed by atoms with Crippen LogP contribution in [0.2, 0.25) is 0 Å². The van der Waals surface area contributed by atoms with Crippen LogP contribution in [0, 0.1) is 24.2 Å². The molecule has 1 fully saturated rings. The van der Waals surface area contributed by atoms with Gasteiger partial charge in [0.2, 0.25) is 0 Å². The largest absolute Gasteiger partial charge is 0.465 e. The zero-order valence-corrected chi connectivity index (χ0v) is 15.7. The maximum absolute atomic E-state index is 13.2. The fraction of sp³-hybridized carbons (Fsp3) is 0.400. The Kier molecular flexibility index (Phi) is 5.26. The second-order valence-corrected chi connectivity index (χ2v) is 6.89. The lowest BCUT2D eigenvalue weighted by molar-refractivity contribution is -0.135. The molecule has 7 nitrogen and oxygen atoms in total. The minimum Gasteiger partial charge on any atom is -0.465 e. The number of carbonyl (C=O) groups excluding carboxylic acids is 1. The third-order valence-electron chi connectivity index (χ3n) is 4.84. The minimum absolute atomic E-state index is 0.227. The molecule has 0 N–H and O–H groups in total. The zero-order valence-electron chi connectivity index (χ0n) is 15.7. The normalized spacial score (nSPS) is 17.6. The van der Waals surface area contributed by atoms with Gasteiger partial charge in [0, 0.05) is 19.3 Å². The van der Waals surface area contributed by atoms with Crippen LogP contribution in [0.1, 0.15) is 30.9 Å². The van der Waals surface area contributed by atoms with Crippen LogP contribution in [0.25, 0.3) is 11.7 Å². The van der Waals surface area contributed by atoms with Gasteiger partial charge in [-0.2, -0.15) is 5.26 Å². The first-order valence-electron chi connectivity index (χ1n) is 8.93. The Labute approximate surface area is 157 Å². The number of pyridine rings is 1. The van der Waals surface area contributed by atoms with Gasteiger partial charge in [-0.05, 0) is 43.4 Å². The van der Waals surface area contributed by atoms with Gasteiger partial charge < -0.3 is 9.64 Å². The molecule has 0 amide bonds. The number of methoxy groups -OCH3 is 1. The van der Waals surface area contributed by atoms with E-state index >= 15 is 0 Å². The Bertz CT molecular complexity index is 1020. The van der Waals surface area contributed by atoms with Gasteiger partial charge in [0.05, 0.1) is 12.7 Å². The molecule has 3 heterocycles. The Morgan fingerprint density at radius 1 is 1.48 bits per heavy atom. The molecular formula is C20H22N4O3. The fourth-order valence-corrected chi connectivity index (χ4v) is 3.44. The number of piperidine rings is 1. The number of fused-ring (bicyclic) bond motifs is 1. The van der Waals surface area contributed by atoms with Crippen molar-refractivity contribution in [1.82, 2.24) is 9.38 Å². The van der Waals surface area contributed by atoms with Crippen molar-refractivity contribution in [3.63, 3.8) is 0 Å². The highest BCUT2D eigenvalue weighted by atomic mass is 16.5. The van der Waals surface area contributed by atoms with Crippen LogP contribution in [-0.2, 0) is 9.53 Å². The second-order valence-electron chi connectivity index (χ2n) is 6.89. The summed E-state index contributed by atoms with van der Waals surface area (Å²) < 4.78 is 6.10. The summed E-state index contributed by atoms with van der Waals surface area (Å²) in [5, 5.41) is 9.32. The topological polar surface area (TPSA) is 87.7 Å². The number of nitrogens with zero attached hydrogens (tertiary/aromatic N) is 4. The molecule has 0 saturated carbocycles. The molecule has 27 heavy (non-hydrogen) atoms. The molecule has 3 rings (SSSR count). The third-order valence-corrected chi connectivity index (χ3v) is 4.84. The summed E-state index contributed by atoms with van der Waals surface area (Å²) in [6.45, 7) is 5.61. The van der Waals surface area contributed by atoms with E-state index in [4.69, 9.17) is 4.98 Å². The first-order valence-corrected chi connectivity index (χ1v) is 8.93. The van der Waals surface area contributed by atoms with Gasteiger partial charge in [0.25, 0.3) is 5.56 Å². The number of hydrogen-bond donors (Lipinski definition) is 0. The molecule has 1 aliphatic rings. The molecule has 7 heteroatoms. The predicted molar refractivity (Wildman–Crippen MR) is 102 cm³/mol. The predicted octanol–water partition coefficient (Wildman–Crippen LogP) is 2.32. The van der Waals surface area contributed by atoms with Gasteiger partial charge in [0.1, 0.15) is 23.1 Å². The number of nitriles is 1. The van der Waals surface area contributed by atoms with Gasteiger partial charge in [-0.15, -0.1) is 0 Å². The SMILES string of the molecule is COC(=O)/C(C#N)=C/c1c(N2CCC[C@H](C)C2)nc2c(C)cccn2c1=O. The molecular weight excluding hydrogens is 344 g/mol. The van der Waals surface area contributed by atoms with Crippen molar-refractivity contribution in [3.05, 3.63) is 45.4 Å². The van der Waals surface area contributed by atoms with Gasteiger partial charge in [0.15, 0.2) is 0 Å². The average Bonchev–Trinajstić information content (AvgIpc) is 2.67.